The molecule has 0 fully saturated rings. The Balaban J connectivity index is 1.59. The van der Waals surface area contributed by atoms with E-state index in [1.54, 1.807) is 37.5 Å². The van der Waals surface area contributed by atoms with Gasteiger partial charge in [0.25, 0.3) is 5.91 Å². The second-order valence-electron chi connectivity index (χ2n) is 5.52. The van der Waals surface area contributed by atoms with Crippen molar-refractivity contribution in [2.75, 3.05) is 6.54 Å². The highest BCUT2D eigenvalue weighted by atomic mass is 16.1. The van der Waals surface area contributed by atoms with Crippen LogP contribution in [0.5, 0.6) is 0 Å². The maximum Gasteiger partial charge on any atom is 0.251 e. The Bertz CT molecular complexity index is 889. The summed E-state index contributed by atoms with van der Waals surface area (Å²) < 4.78 is 0. The van der Waals surface area contributed by atoms with Crippen LogP contribution in [0.2, 0.25) is 0 Å². The Morgan fingerprint density at radius 1 is 0.917 bits per heavy atom. The van der Waals surface area contributed by atoms with Gasteiger partial charge in [-0.05, 0) is 37.1 Å². The summed E-state index contributed by atoms with van der Waals surface area (Å²) in [4.78, 5) is 31.9. The van der Waals surface area contributed by atoms with E-state index in [1.807, 2.05) is 24.3 Å². The molecule has 1 heterocycles. The molecule has 0 saturated carbocycles. The molecule has 1 N–H and O–H groups in total. The standard InChI is InChI=1S/C19H17N3O2/c1-13(23)15-4-2-14(3-5-15)8-9-22-19(24)16-6-7-17-18(12-16)21-11-10-20-17/h2-7,10-12H,8-9H2,1H3,(H,22,24). The van der Waals surface area contributed by atoms with Crippen molar-refractivity contribution in [2.24, 2.45) is 0 Å². The number of fused-ring (bicyclic) bond motifs is 1. The van der Waals surface area contributed by atoms with E-state index in [0.29, 0.717) is 29.6 Å². The van der Waals surface area contributed by atoms with E-state index in [1.165, 1.54) is 0 Å². The summed E-state index contributed by atoms with van der Waals surface area (Å²) >= 11 is 0. The number of rotatable bonds is 5. The molecule has 0 aliphatic rings. The molecule has 2 aromatic carbocycles. The average molecular weight is 319 g/mol. The monoisotopic (exact) mass is 319 g/mol. The highest BCUT2D eigenvalue weighted by Gasteiger charge is 2.07. The van der Waals surface area contributed by atoms with Gasteiger partial charge in [0.05, 0.1) is 11.0 Å². The third-order valence-electron chi connectivity index (χ3n) is 3.79. The summed E-state index contributed by atoms with van der Waals surface area (Å²) in [5.41, 5.74) is 3.80. The van der Waals surface area contributed by atoms with Crippen molar-refractivity contribution in [1.29, 1.82) is 0 Å². The number of benzene rings is 2. The zero-order valence-electron chi connectivity index (χ0n) is 13.3. The number of nitrogens with zero attached hydrogens (tertiary/aromatic N) is 2. The van der Waals surface area contributed by atoms with Gasteiger partial charge in [0, 0.05) is 30.1 Å². The zero-order chi connectivity index (χ0) is 16.9. The van der Waals surface area contributed by atoms with Gasteiger partial charge >= 0.3 is 0 Å². The molecule has 0 unspecified atom stereocenters. The first-order valence-electron chi connectivity index (χ1n) is 7.72. The number of hydrogen-bond acceptors (Lipinski definition) is 4. The number of nitrogens with one attached hydrogen (secondary N) is 1. The first-order valence-corrected chi connectivity index (χ1v) is 7.72. The van der Waals surface area contributed by atoms with Crippen LogP contribution in [0, 0.1) is 0 Å². The van der Waals surface area contributed by atoms with Gasteiger partial charge in [-0.2, -0.15) is 0 Å². The minimum absolute atomic E-state index is 0.0502. The summed E-state index contributed by atoms with van der Waals surface area (Å²) in [5, 5.41) is 2.90. The zero-order valence-corrected chi connectivity index (χ0v) is 13.3. The number of carbonyl (C=O) groups is 2. The first kappa shape index (κ1) is 15.8. The fourth-order valence-electron chi connectivity index (χ4n) is 2.43. The van der Waals surface area contributed by atoms with E-state index < -0.39 is 0 Å². The SMILES string of the molecule is CC(=O)c1ccc(CCNC(=O)c2ccc3nccnc3c2)cc1. The molecule has 5 nitrogen and oxygen atoms in total. The van der Waals surface area contributed by atoms with Crippen LogP contribution in [0.15, 0.2) is 54.9 Å². The molecule has 0 radical (unpaired) electrons. The Morgan fingerprint density at radius 3 is 2.29 bits per heavy atom. The van der Waals surface area contributed by atoms with Crippen molar-refractivity contribution in [3.63, 3.8) is 0 Å². The summed E-state index contributed by atoms with van der Waals surface area (Å²) in [5.74, 6) is -0.0860. The van der Waals surface area contributed by atoms with Gasteiger partial charge in [-0.15, -0.1) is 0 Å². The molecule has 1 aromatic heterocycles. The summed E-state index contributed by atoms with van der Waals surface area (Å²) in [6.45, 7) is 2.07. The summed E-state index contributed by atoms with van der Waals surface area (Å²) in [6.07, 6.45) is 3.94. The molecule has 0 aliphatic carbocycles. The number of aromatic nitrogens is 2. The highest BCUT2D eigenvalue weighted by Crippen LogP contribution is 2.11. The topological polar surface area (TPSA) is 72.0 Å². The van der Waals surface area contributed by atoms with Crippen molar-refractivity contribution >= 4 is 22.7 Å². The molecular formula is C19H17N3O2. The van der Waals surface area contributed by atoms with Gasteiger partial charge in [0.15, 0.2) is 5.78 Å². The molecule has 0 atom stereocenters. The molecule has 3 rings (SSSR count). The van der Waals surface area contributed by atoms with E-state index >= 15 is 0 Å². The average Bonchev–Trinajstić information content (AvgIpc) is 2.61. The van der Waals surface area contributed by atoms with Gasteiger partial charge in [-0.1, -0.05) is 24.3 Å². The maximum absolute atomic E-state index is 12.2. The van der Waals surface area contributed by atoms with Gasteiger partial charge in [0.1, 0.15) is 0 Å². The third-order valence-corrected chi connectivity index (χ3v) is 3.79. The summed E-state index contributed by atoms with van der Waals surface area (Å²) in [6, 6.07) is 12.7. The number of amides is 1. The van der Waals surface area contributed by atoms with Crippen LogP contribution >= 0.6 is 0 Å². The van der Waals surface area contributed by atoms with Crippen LogP contribution in [0.1, 0.15) is 33.2 Å². The quantitative estimate of drug-likeness (QED) is 0.734. The van der Waals surface area contributed by atoms with Gasteiger partial charge in [-0.3, -0.25) is 19.6 Å². The second kappa shape index (κ2) is 7.00. The molecule has 5 heteroatoms. The second-order valence-corrected chi connectivity index (χ2v) is 5.52. The largest absolute Gasteiger partial charge is 0.352 e. The van der Waals surface area contributed by atoms with Crippen molar-refractivity contribution in [3.8, 4) is 0 Å². The Hall–Kier alpha value is -3.08. The molecule has 24 heavy (non-hydrogen) atoms. The smallest absolute Gasteiger partial charge is 0.251 e. The predicted octanol–water partition coefficient (Wildman–Crippen LogP) is 2.80. The van der Waals surface area contributed by atoms with Crippen LogP contribution < -0.4 is 5.32 Å². The minimum Gasteiger partial charge on any atom is -0.352 e. The lowest BCUT2D eigenvalue weighted by atomic mass is 10.1. The highest BCUT2D eigenvalue weighted by molar-refractivity contribution is 5.97. The predicted molar refractivity (Wildman–Crippen MR) is 92.0 cm³/mol. The minimum atomic E-state index is -0.136. The Labute approximate surface area is 139 Å². The Morgan fingerprint density at radius 2 is 1.58 bits per heavy atom. The maximum atomic E-state index is 12.2. The van der Waals surface area contributed by atoms with Gasteiger partial charge in [0.2, 0.25) is 0 Å². The molecule has 1 amide bonds. The molecule has 120 valence electrons. The number of hydrogen-bond donors (Lipinski definition) is 1. The lowest BCUT2D eigenvalue weighted by Gasteiger charge is -2.06. The molecule has 0 saturated heterocycles. The summed E-state index contributed by atoms with van der Waals surface area (Å²) in [7, 11) is 0. The Kier molecular flexibility index (Phi) is 4.61. The first-order chi connectivity index (χ1) is 11.6. The number of carbonyl (C=O) groups excluding carboxylic acids is 2. The fourth-order valence-corrected chi connectivity index (χ4v) is 2.43. The van der Waals surface area contributed by atoms with E-state index in [2.05, 4.69) is 15.3 Å². The number of Topliss-reactive ketones (excluding diaryl/α,β-unsaturated/α-hetero) is 1. The van der Waals surface area contributed by atoms with Crippen molar-refractivity contribution in [1.82, 2.24) is 15.3 Å². The van der Waals surface area contributed by atoms with Crippen LogP contribution in [-0.2, 0) is 6.42 Å². The van der Waals surface area contributed by atoms with Crippen LogP contribution in [0.4, 0.5) is 0 Å². The molecule has 0 aliphatic heterocycles. The normalized spacial score (nSPS) is 10.5. The van der Waals surface area contributed by atoms with Crippen molar-refractivity contribution in [3.05, 3.63) is 71.5 Å². The number of ketones is 1. The van der Waals surface area contributed by atoms with Crippen LogP contribution in [0.25, 0.3) is 11.0 Å². The van der Waals surface area contributed by atoms with E-state index in [9.17, 15) is 9.59 Å². The lowest BCUT2D eigenvalue weighted by molar-refractivity contribution is 0.0953. The van der Waals surface area contributed by atoms with Crippen LogP contribution in [0.3, 0.4) is 0 Å². The molecule has 0 bridgehead atoms. The van der Waals surface area contributed by atoms with Crippen molar-refractivity contribution in [2.45, 2.75) is 13.3 Å². The lowest BCUT2D eigenvalue weighted by Crippen LogP contribution is -2.25. The third kappa shape index (κ3) is 3.63. The fraction of sp³-hybridized carbons (Fsp3) is 0.158. The molecular weight excluding hydrogens is 302 g/mol. The van der Waals surface area contributed by atoms with E-state index in [-0.39, 0.29) is 11.7 Å². The van der Waals surface area contributed by atoms with Gasteiger partial charge < -0.3 is 5.32 Å². The van der Waals surface area contributed by atoms with Crippen LogP contribution in [-0.4, -0.2) is 28.2 Å². The van der Waals surface area contributed by atoms with E-state index in [0.717, 1.165) is 11.1 Å². The van der Waals surface area contributed by atoms with Gasteiger partial charge in [-0.25, -0.2) is 0 Å². The molecule has 3 aromatic rings. The van der Waals surface area contributed by atoms with Crippen molar-refractivity contribution < 1.29 is 9.59 Å². The molecule has 0 spiro atoms. The van der Waals surface area contributed by atoms with E-state index in [4.69, 9.17) is 0 Å².